The number of halogens is 2. The fraction of sp³-hybridized carbons (Fsp3) is 0.235. The van der Waals surface area contributed by atoms with Crippen LogP contribution in [-0.4, -0.2) is 24.8 Å². The Bertz CT molecular complexity index is 619. The van der Waals surface area contributed by atoms with Gasteiger partial charge in [-0.15, -0.1) is 11.8 Å². The van der Waals surface area contributed by atoms with Gasteiger partial charge in [-0.2, -0.15) is 0 Å². The summed E-state index contributed by atoms with van der Waals surface area (Å²) in [6.45, 7) is 0.782. The highest BCUT2D eigenvalue weighted by Crippen LogP contribution is 2.15. The number of rotatable bonds is 8. The summed E-state index contributed by atoms with van der Waals surface area (Å²) >= 11 is 4.96. The monoisotopic (exact) mass is 397 g/mol. The lowest BCUT2D eigenvalue weighted by Crippen LogP contribution is -2.29. The van der Waals surface area contributed by atoms with Crippen LogP contribution in [0, 0.1) is 5.82 Å². The SMILES string of the molecule is O=C(CSCc1ccc(Br)cc1)NCCOc1ccc(F)cc1. The zero-order valence-corrected chi connectivity index (χ0v) is 14.8. The molecular weight excluding hydrogens is 381 g/mol. The molecule has 6 heteroatoms. The second-order valence-corrected chi connectivity index (χ2v) is 6.67. The summed E-state index contributed by atoms with van der Waals surface area (Å²) in [6, 6.07) is 13.8. The van der Waals surface area contributed by atoms with Crippen LogP contribution >= 0.6 is 27.7 Å². The van der Waals surface area contributed by atoms with Gasteiger partial charge in [0.2, 0.25) is 5.91 Å². The smallest absolute Gasteiger partial charge is 0.230 e. The van der Waals surface area contributed by atoms with E-state index >= 15 is 0 Å². The predicted molar refractivity (Wildman–Crippen MR) is 95.2 cm³/mol. The molecule has 0 saturated heterocycles. The van der Waals surface area contributed by atoms with Crippen LogP contribution in [-0.2, 0) is 10.5 Å². The molecule has 0 saturated carbocycles. The number of hydrogen-bond acceptors (Lipinski definition) is 3. The van der Waals surface area contributed by atoms with Gasteiger partial charge in [-0.05, 0) is 42.0 Å². The fourth-order valence-corrected chi connectivity index (χ4v) is 2.87. The summed E-state index contributed by atoms with van der Waals surface area (Å²) in [5, 5.41) is 2.79. The summed E-state index contributed by atoms with van der Waals surface area (Å²) in [5.74, 6) is 1.48. The van der Waals surface area contributed by atoms with Crippen molar-refractivity contribution in [2.24, 2.45) is 0 Å². The first-order valence-corrected chi connectivity index (χ1v) is 9.05. The third-order valence-electron chi connectivity index (χ3n) is 2.92. The van der Waals surface area contributed by atoms with Gasteiger partial charge in [0.15, 0.2) is 0 Å². The number of amides is 1. The summed E-state index contributed by atoms with van der Waals surface area (Å²) in [5.41, 5.74) is 1.19. The number of thioether (sulfide) groups is 1. The zero-order valence-electron chi connectivity index (χ0n) is 12.4. The van der Waals surface area contributed by atoms with E-state index in [2.05, 4.69) is 21.2 Å². The van der Waals surface area contributed by atoms with Crippen LogP contribution in [0.1, 0.15) is 5.56 Å². The molecule has 2 rings (SSSR count). The first kappa shape index (κ1) is 17.8. The Morgan fingerprint density at radius 2 is 1.83 bits per heavy atom. The molecule has 0 heterocycles. The van der Waals surface area contributed by atoms with Crippen LogP contribution in [0.5, 0.6) is 5.75 Å². The Morgan fingerprint density at radius 3 is 2.52 bits per heavy atom. The highest BCUT2D eigenvalue weighted by atomic mass is 79.9. The molecule has 122 valence electrons. The van der Waals surface area contributed by atoms with Crippen molar-refractivity contribution in [2.75, 3.05) is 18.9 Å². The summed E-state index contributed by atoms with van der Waals surface area (Å²) in [4.78, 5) is 11.7. The van der Waals surface area contributed by atoms with E-state index < -0.39 is 0 Å². The molecule has 3 nitrogen and oxygen atoms in total. The lowest BCUT2D eigenvalue weighted by atomic mass is 10.2. The first-order valence-electron chi connectivity index (χ1n) is 7.11. The average molecular weight is 398 g/mol. The van der Waals surface area contributed by atoms with Crippen LogP contribution in [0.3, 0.4) is 0 Å². The first-order chi connectivity index (χ1) is 11.1. The van der Waals surface area contributed by atoms with Crippen LogP contribution in [0.25, 0.3) is 0 Å². The number of carbonyl (C=O) groups is 1. The molecule has 23 heavy (non-hydrogen) atoms. The Balaban J connectivity index is 1.56. The molecule has 0 unspecified atom stereocenters. The molecule has 1 N–H and O–H groups in total. The van der Waals surface area contributed by atoms with Gasteiger partial charge in [-0.1, -0.05) is 28.1 Å². The maximum Gasteiger partial charge on any atom is 0.230 e. The molecule has 0 bridgehead atoms. The number of nitrogens with one attached hydrogen (secondary N) is 1. The molecule has 0 spiro atoms. The van der Waals surface area contributed by atoms with E-state index in [9.17, 15) is 9.18 Å². The lowest BCUT2D eigenvalue weighted by Gasteiger charge is -2.08. The number of carbonyl (C=O) groups excluding carboxylic acids is 1. The maximum absolute atomic E-state index is 12.7. The maximum atomic E-state index is 12.7. The molecule has 1 amide bonds. The highest BCUT2D eigenvalue weighted by Gasteiger charge is 2.02. The third-order valence-corrected chi connectivity index (χ3v) is 4.45. The van der Waals surface area contributed by atoms with Crippen molar-refractivity contribution in [1.29, 1.82) is 0 Å². The second kappa shape index (κ2) is 9.57. The molecule has 0 radical (unpaired) electrons. The van der Waals surface area contributed by atoms with Gasteiger partial charge >= 0.3 is 0 Å². The van der Waals surface area contributed by atoms with E-state index in [-0.39, 0.29) is 11.7 Å². The van der Waals surface area contributed by atoms with Crippen molar-refractivity contribution in [1.82, 2.24) is 5.32 Å². The van der Waals surface area contributed by atoms with Crippen molar-refractivity contribution in [3.63, 3.8) is 0 Å². The van der Waals surface area contributed by atoms with Crippen molar-refractivity contribution >= 4 is 33.6 Å². The molecule has 0 aromatic heterocycles. The molecule has 0 aliphatic carbocycles. The Kier molecular flexibility index (Phi) is 7.42. The van der Waals surface area contributed by atoms with E-state index in [1.807, 2.05) is 24.3 Å². The Hall–Kier alpha value is -1.53. The summed E-state index contributed by atoms with van der Waals surface area (Å²) in [7, 11) is 0. The molecule has 2 aromatic rings. The van der Waals surface area contributed by atoms with Crippen molar-refractivity contribution in [3.8, 4) is 5.75 Å². The van der Waals surface area contributed by atoms with E-state index in [1.165, 1.54) is 17.7 Å². The molecule has 0 aliphatic heterocycles. The number of ether oxygens (including phenoxy) is 1. The van der Waals surface area contributed by atoms with Gasteiger partial charge in [-0.3, -0.25) is 4.79 Å². The second-order valence-electron chi connectivity index (χ2n) is 4.77. The van der Waals surface area contributed by atoms with Gasteiger partial charge in [-0.25, -0.2) is 4.39 Å². The van der Waals surface area contributed by atoms with Crippen molar-refractivity contribution in [2.45, 2.75) is 5.75 Å². The van der Waals surface area contributed by atoms with E-state index in [1.54, 1.807) is 23.9 Å². The van der Waals surface area contributed by atoms with Gasteiger partial charge in [0.25, 0.3) is 0 Å². The molecule has 0 aliphatic rings. The normalized spacial score (nSPS) is 10.3. The minimum absolute atomic E-state index is 0.0187. The third kappa shape index (κ3) is 7.05. The predicted octanol–water partition coefficient (Wildman–Crippen LogP) is 4.02. The topological polar surface area (TPSA) is 38.3 Å². The minimum atomic E-state index is -0.298. The number of benzene rings is 2. The van der Waals surface area contributed by atoms with E-state index in [0.29, 0.717) is 24.7 Å². The fourth-order valence-electron chi connectivity index (χ4n) is 1.78. The van der Waals surface area contributed by atoms with Crippen LogP contribution in [0.15, 0.2) is 53.0 Å². The van der Waals surface area contributed by atoms with Gasteiger partial charge in [0, 0.05) is 10.2 Å². The van der Waals surface area contributed by atoms with Crippen molar-refractivity contribution in [3.05, 3.63) is 64.4 Å². The average Bonchev–Trinajstić information content (AvgIpc) is 2.55. The van der Waals surface area contributed by atoms with Gasteiger partial charge in [0.1, 0.15) is 18.2 Å². The zero-order chi connectivity index (χ0) is 16.5. The molecule has 2 aromatic carbocycles. The molecular formula is C17H17BrFNO2S. The van der Waals surface area contributed by atoms with Crippen LogP contribution in [0.2, 0.25) is 0 Å². The minimum Gasteiger partial charge on any atom is -0.492 e. The highest BCUT2D eigenvalue weighted by molar-refractivity contribution is 9.10. The van der Waals surface area contributed by atoms with Crippen LogP contribution < -0.4 is 10.1 Å². The van der Waals surface area contributed by atoms with Crippen molar-refractivity contribution < 1.29 is 13.9 Å². The standard InChI is InChI=1S/C17H17BrFNO2S/c18-14-3-1-13(2-4-14)11-23-12-17(21)20-9-10-22-16-7-5-15(19)6-8-16/h1-8H,9-12H2,(H,20,21). The van der Waals surface area contributed by atoms with E-state index in [4.69, 9.17) is 4.74 Å². The Morgan fingerprint density at radius 1 is 1.13 bits per heavy atom. The quantitative estimate of drug-likeness (QED) is 0.683. The van der Waals surface area contributed by atoms with Gasteiger partial charge in [0.05, 0.1) is 12.3 Å². The van der Waals surface area contributed by atoms with Gasteiger partial charge < -0.3 is 10.1 Å². The summed E-state index contributed by atoms with van der Waals surface area (Å²) in [6.07, 6.45) is 0. The largest absolute Gasteiger partial charge is 0.492 e. The Labute approximate surface area is 147 Å². The number of hydrogen-bond donors (Lipinski definition) is 1. The lowest BCUT2D eigenvalue weighted by molar-refractivity contribution is -0.118. The van der Waals surface area contributed by atoms with E-state index in [0.717, 1.165) is 10.2 Å². The molecule has 0 atom stereocenters. The van der Waals surface area contributed by atoms with Crippen LogP contribution in [0.4, 0.5) is 4.39 Å². The molecule has 0 fully saturated rings. The summed E-state index contributed by atoms with van der Waals surface area (Å²) < 4.78 is 19.2.